The first-order chi connectivity index (χ1) is 7.00. The minimum absolute atomic E-state index is 1.32. The molecule has 80 valence electrons. The van der Waals surface area contributed by atoms with E-state index in [9.17, 15) is 0 Å². The molecule has 1 aromatic carbocycles. The molecule has 0 saturated carbocycles. The first-order valence-corrected chi connectivity index (χ1v) is 5.40. The average molecular weight is 200 g/mol. The van der Waals surface area contributed by atoms with Gasteiger partial charge in [0.05, 0.1) is 0 Å². The van der Waals surface area contributed by atoms with Gasteiger partial charge in [0.2, 0.25) is 0 Å². The van der Waals surface area contributed by atoms with Crippen LogP contribution in [0.15, 0.2) is 29.3 Å². The molecule has 0 N–H and O–H groups in total. The van der Waals surface area contributed by atoms with Crippen molar-refractivity contribution in [2.45, 2.75) is 34.6 Å². The zero-order chi connectivity index (χ0) is 11.4. The van der Waals surface area contributed by atoms with Gasteiger partial charge in [0.1, 0.15) is 0 Å². The predicted octanol–water partition coefficient (Wildman–Crippen LogP) is 4.84. The molecule has 0 heteroatoms. The Kier molecular flexibility index (Phi) is 3.90. The number of aryl methyl sites for hydroxylation is 1. The highest BCUT2D eigenvalue weighted by Gasteiger charge is 2.00. The monoisotopic (exact) mass is 200 g/mol. The molecule has 0 fully saturated rings. The fourth-order valence-electron chi connectivity index (χ4n) is 1.63. The van der Waals surface area contributed by atoms with E-state index in [4.69, 9.17) is 0 Å². The van der Waals surface area contributed by atoms with Crippen molar-refractivity contribution in [3.63, 3.8) is 0 Å². The Morgan fingerprint density at radius 2 is 1.53 bits per heavy atom. The van der Waals surface area contributed by atoms with Gasteiger partial charge in [-0.15, -0.1) is 0 Å². The minimum Gasteiger partial charge on any atom is -0.0758 e. The maximum atomic E-state index is 2.25. The first kappa shape index (κ1) is 11.8. The zero-order valence-corrected chi connectivity index (χ0v) is 10.4. The van der Waals surface area contributed by atoms with Crippen molar-refractivity contribution in [1.29, 1.82) is 0 Å². The van der Waals surface area contributed by atoms with Gasteiger partial charge < -0.3 is 0 Å². The molecule has 0 amide bonds. The van der Waals surface area contributed by atoms with Gasteiger partial charge in [-0.25, -0.2) is 0 Å². The SMILES string of the molecule is CC(C)=Cc1cccc(C)c1C=C(C)C. The van der Waals surface area contributed by atoms with Crippen molar-refractivity contribution < 1.29 is 0 Å². The third kappa shape index (κ3) is 3.39. The quantitative estimate of drug-likeness (QED) is 0.640. The van der Waals surface area contributed by atoms with Crippen LogP contribution in [0.3, 0.4) is 0 Å². The molecule has 0 atom stereocenters. The molecule has 0 bridgehead atoms. The van der Waals surface area contributed by atoms with Gasteiger partial charge in [0.25, 0.3) is 0 Å². The summed E-state index contributed by atoms with van der Waals surface area (Å²) >= 11 is 0. The van der Waals surface area contributed by atoms with Crippen LogP contribution < -0.4 is 0 Å². The molecule has 0 unspecified atom stereocenters. The molecule has 0 spiro atoms. The molecule has 0 saturated heterocycles. The van der Waals surface area contributed by atoms with Crippen LogP contribution in [0.2, 0.25) is 0 Å². The lowest BCUT2D eigenvalue weighted by Crippen LogP contribution is -1.87. The van der Waals surface area contributed by atoms with Gasteiger partial charge in [0.15, 0.2) is 0 Å². The van der Waals surface area contributed by atoms with E-state index >= 15 is 0 Å². The zero-order valence-electron chi connectivity index (χ0n) is 10.4. The van der Waals surface area contributed by atoms with E-state index in [1.807, 2.05) is 0 Å². The van der Waals surface area contributed by atoms with Crippen LogP contribution in [0.4, 0.5) is 0 Å². The largest absolute Gasteiger partial charge is 0.0758 e. The van der Waals surface area contributed by atoms with Crippen molar-refractivity contribution in [2.24, 2.45) is 0 Å². The summed E-state index contributed by atoms with van der Waals surface area (Å²) in [4.78, 5) is 0. The maximum Gasteiger partial charge on any atom is -0.0155 e. The highest BCUT2D eigenvalue weighted by Crippen LogP contribution is 2.20. The van der Waals surface area contributed by atoms with E-state index in [1.54, 1.807) is 0 Å². The Morgan fingerprint density at radius 3 is 2.07 bits per heavy atom. The molecule has 0 radical (unpaired) electrons. The lowest BCUT2D eigenvalue weighted by molar-refractivity contribution is 1.36. The lowest BCUT2D eigenvalue weighted by Gasteiger charge is -2.07. The van der Waals surface area contributed by atoms with Crippen LogP contribution in [0, 0.1) is 6.92 Å². The maximum absolute atomic E-state index is 2.25. The Morgan fingerprint density at radius 1 is 0.933 bits per heavy atom. The second kappa shape index (κ2) is 4.97. The van der Waals surface area contributed by atoms with Gasteiger partial charge in [-0.05, 0) is 51.3 Å². The summed E-state index contributed by atoms with van der Waals surface area (Å²) in [5.74, 6) is 0. The summed E-state index contributed by atoms with van der Waals surface area (Å²) in [5, 5.41) is 0. The third-order valence-electron chi connectivity index (χ3n) is 2.24. The number of hydrogen-bond donors (Lipinski definition) is 0. The smallest absolute Gasteiger partial charge is 0.0155 e. The summed E-state index contributed by atoms with van der Waals surface area (Å²) in [6.45, 7) is 10.7. The molecule has 0 nitrogen and oxygen atoms in total. The second-order valence-corrected chi connectivity index (χ2v) is 4.52. The number of benzene rings is 1. The fraction of sp³-hybridized carbons (Fsp3) is 0.333. The molecule has 0 heterocycles. The number of rotatable bonds is 2. The summed E-state index contributed by atoms with van der Waals surface area (Å²) in [5.41, 5.74) is 6.68. The fourth-order valence-corrected chi connectivity index (χ4v) is 1.63. The van der Waals surface area contributed by atoms with Crippen LogP contribution in [0.25, 0.3) is 12.2 Å². The summed E-state index contributed by atoms with van der Waals surface area (Å²) in [6.07, 6.45) is 4.49. The second-order valence-electron chi connectivity index (χ2n) is 4.52. The van der Waals surface area contributed by atoms with E-state index in [2.05, 4.69) is 65.0 Å². The van der Waals surface area contributed by atoms with Crippen LogP contribution in [0.1, 0.15) is 44.4 Å². The molecule has 0 aliphatic carbocycles. The lowest BCUT2D eigenvalue weighted by atomic mass is 9.99. The van der Waals surface area contributed by atoms with Gasteiger partial charge in [0, 0.05) is 0 Å². The Hall–Kier alpha value is -1.30. The summed E-state index contributed by atoms with van der Waals surface area (Å²) < 4.78 is 0. The van der Waals surface area contributed by atoms with E-state index in [0.29, 0.717) is 0 Å². The van der Waals surface area contributed by atoms with E-state index in [-0.39, 0.29) is 0 Å². The van der Waals surface area contributed by atoms with Crippen molar-refractivity contribution in [3.05, 3.63) is 46.0 Å². The van der Waals surface area contributed by atoms with E-state index < -0.39 is 0 Å². The highest BCUT2D eigenvalue weighted by molar-refractivity contribution is 5.69. The van der Waals surface area contributed by atoms with E-state index in [1.165, 1.54) is 27.8 Å². The summed E-state index contributed by atoms with van der Waals surface area (Å²) in [7, 11) is 0. The standard InChI is InChI=1S/C15H20/c1-11(2)9-14-8-6-7-13(5)15(14)10-12(3)4/h6-10H,1-5H3. The molecule has 1 rings (SSSR count). The molecule has 15 heavy (non-hydrogen) atoms. The van der Waals surface area contributed by atoms with Crippen LogP contribution in [-0.2, 0) is 0 Å². The topological polar surface area (TPSA) is 0 Å². The van der Waals surface area contributed by atoms with Crippen molar-refractivity contribution in [2.75, 3.05) is 0 Å². The molecule has 0 aliphatic heterocycles. The van der Waals surface area contributed by atoms with Crippen LogP contribution in [0.5, 0.6) is 0 Å². The molecular formula is C15H20. The normalized spacial score (nSPS) is 9.67. The number of hydrogen-bond acceptors (Lipinski definition) is 0. The molecule has 0 aromatic heterocycles. The molecule has 1 aromatic rings. The van der Waals surface area contributed by atoms with Gasteiger partial charge in [-0.1, -0.05) is 41.5 Å². The highest BCUT2D eigenvalue weighted by atomic mass is 14.0. The van der Waals surface area contributed by atoms with Crippen molar-refractivity contribution >= 4 is 12.2 Å². The Balaban J connectivity index is 3.33. The first-order valence-electron chi connectivity index (χ1n) is 5.40. The predicted molar refractivity (Wildman–Crippen MR) is 69.8 cm³/mol. The van der Waals surface area contributed by atoms with Crippen LogP contribution in [-0.4, -0.2) is 0 Å². The number of allylic oxidation sites excluding steroid dienone is 2. The van der Waals surface area contributed by atoms with Gasteiger partial charge >= 0.3 is 0 Å². The van der Waals surface area contributed by atoms with Crippen LogP contribution >= 0.6 is 0 Å². The van der Waals surface area contributed by atoms with Gasteiger partial charge in [-0.2, -0.15) is 0 Å². The van der Waals surface area contributed by atoms with E-state index in [0.717, 1.165) is 0 Å². The molecule has 0 aliphatic rings. The van der Waals surface area contributed by atoms with Crippen molar-refractivity contribution in [3.8, 4) is 0 Å². The molecular weight excluding hydrogens is 180 g/mol. The summed E-state index contributed by atoms with van der Waals surface area (Å²) in [6, 6.07) is 6.46. The Labute approximate surface area is 93.3 Å². The minimum atomic E-state index is 1.32. The third-order valence-corrected chi connectivity index (χ3v) is 2.24. The Bertz CT molecular complexity index is 398. The van der Waals surface area contributed by atoms with Gasteiger partial charge in [-0.3, -0.25) is 0 Å². The average Bonchev–Trinajstić information content (AvgIpc) is 2.09. The van der Waals surface area contributed by atoms with Crippen molar-refractivity contribution in [1.82, 2.24) is 0 Å².